The van der Waals surface area contributed by atoms with Crippen molar-refractivity contribution in [1.29, 1.82) is 10.5 Å². The molecule has 1 aromatic rings. The van der Waals surface area contributed by atoms with Crippen LogP contribution in [0.5, 0.6) is 0 Å². The molecule has 0 saturated heterocycles. The molecule has 0 heterocycles. The minimum atomic E-state index is -5.16. The maximum Gasteiger partial charge on any atom is 0.332 e. The van der Waals surface area contributed by atoms with Crippen molar-refractivity contribution in [2.24, 2.45) is 10.2 Å². The van der Waals surface area contributed by atoms with Crippen LogP contribution in [0.1, 0.15) is 38.3 Å². The zero-order valence-corrected chi connectivity index (χ0v) is 18.5. The summed E-state index contributed by atoms with van der Waals surface area (Å²) >= 11 is 0. The van der Waals surface area contributed by atoms with E-state index in [9.17, 15) is 37.2 Å². The summed E-state index contributed by atoms with van der Waals surface area (Å²) in [5.41, 5.74) is -1.09. The van der Waals surface area contributed by atoms with Gasteiger partial charge in [0.2, 0.25) is 5.91 Å². The van der Waals surface area contributed by atoms with Crippen molar-refractivity contribution in [3.8, 4) is 12.1 Å². The van der Waals surface area contributed by atoms with Gasteiger partial charge in [0.25, 0.3) is 0 Å². The van der Waals surface area contributed by atoms with Crippen LogP contribution < -0.4 is 5.32 Å². The number of carbonyl (C=O) groups is 3. The Balaban J connectivity index is 3.09. The van der Waals surface area contributed by atoms with Gasteiger partial charge in [-0.15, -0.1) is 3.89 Å². The Morgan fingerprint density at radius 3 is 2.03 bits per heavy atom. The normalized spacial score (nSPS) is 12.0. The number of hydroxylamine groups is 2. The number of hydrogen-bond acceptors (Lipinski definition) is 12. The molecule has 0 aromatic heterocycles. The number of nitriles is 2. The van der Waals surface area contributed by atoms with Gasteiger partial charge in [0, 0.05) is 26.0 Å². The summed E-state index contributed by atoms with van der Waals surface area (Å²) in [6.45, 7) is 3.09. The molecule has 1 rings (SSSR count). The molecule has 176 valence electrons. The van der Waals surface area contributed by atoms with Gasteiger partial charge < -0.3 is 15.0 Å². The molecular formula is C18H19FN6O7S. The molecule has 15 heteroatoms. The maximum atomic E-state index is 13.3. The molecule has 0 aliphatic rings. The molecule has 1 aromatic carbocycles. The first kappa shape index (κ1) is 27.1. The third kappa shape index (κ3) is 9.38. The Bertz CT molecular complexity index is 1090. The lowest BCUT2D eigenvalue weighted by Gasteiger charge is -2.21. The van der Waals surface area contributed by atoms with Gasteiger partial charge in [-0.25, -0.2) is 0 Å². The van der Waals surface area contributed by atoms with Crippen LogP contribution in [-0.2, 0) is 34.3 Å². The Labute approximate surface area is 188 Å². The SMILES string of the molecule is CC(=O)NC(CCN(OC(C)=O)OC(C)=O)CN=Nc1c(C#N)cc(S(=O)(=O)F)cc1C#N. The number of rotatable bonds is 10. The zero-order valence-electron chi connectivity index (χ0n) is 17.7. The van der Waals surface area contributed by atoms with E-state index in [4.69, 9.17) is 9.68 Å². The van der Waals surface area contributed by atoms with Crippen molar-refractivity contribution in [2.75, 3.05) is 13.1 Å². The van der Waals surface area contributed by atoms with Crippen LogP contribution in [-0.4, -0.2) is 50.6 Å². The summed E-state index contributed by atoms with van der Waals surface area (Å²) in [6, 6.07) is 3.96. The van der Waals surface area contributed by atoms with E-state index in [-0.39, 0.29) is 25.2 Å². The minimum Gasteiger partial charge on any atom is -0.352 e. The number of halogens is 1. The number of nitrogens with zero attached hydrogens (tertiary/aromatic N) is 5. The molecule has 33 heavy (non-hydrogen) atoms. The molecular weight excluding hydrogens is 463 g/mol. The molecule has 1 unspecified atom stereocenters. The van der Waals surface area contributed by atoms with Crippen LogP contribution in [0.15, 0.2) is 27.3 Å². The van der Waals surface area contributed by atoms with Crippen molar-refractivity contribution < 1.29 is 36.4 Å². The monoisotopic (exact) mass is 482 g/mol. The second-order valence-electron chi connectivity index (χ2n) is 6.36. The Morgan fingerprint density at radius 1 is 1.12 bits per heavy atom. The molecule has 0 aliphatic heterocycles. The Morgan fingerprint density at radius 2 is 1.64 bits per heavy atom. The molecule has 13 nitrogen and oxygen atoms in total. The molecule has 0 radical (unpaired) electrons. The van der Waals surface area contributed by atoms with Crippen LogP contribution in [0.4, 0.5) is 9.57 Å². The fourth-order valence-corrected chi connectivity index (χ4v) is 2.91. The average molecular weight is 482 g/mol. The number of carbonyl (C=O) groups excluding carboxylic acids is 3. The number of azo groups is 1. The highest BCUT2D eigenvalue weighted by molar-refractivity contribution is 7.86. The molecule has 1 N–H and O–H groups in total. The van der Waals surface area contributed by atoms with Gasteiger partial charge in [0.1, 0.15) is 22.7 Å². The summed E-state index contributed by atoms with van der Waals surface area (Å²) in [5.74, 6) is -1.94. The molecule has 0 fully saturated rings. The van der Waals surface area contributed by atoms with E-state index >= 15 is 0 Å². The van der Waals surface area contributed by atoms with Gasteiger partial charge in [0.05, 0.1) is 30.3 Å². The van der Waals surface area contributed by atoms with Crippen molar-refractivity contribution >= 4 is 33.8 Å². The summed E-state index contributed by atoms with van der Waals surface area (Å²) in [6.07, 6.45) is 0.0639. The number of benzene rings is 1. The van der Waals surface area contributed by atoms with Gasteiger partial charge in [-0.2, -0.15) is 29.2 Å². The first-order valence-electron chi connectivity index (χ1n) is 9.09. The van der Waals surface area contributed by atoms with Crippen LogP contribution >= 0.6 is 0 Å². The van der Waals surface area contributed by atoms with Crippen LogP contribution in [0.25, 0.3) is 0 Å². The summed E-state index contributed by atoms with van der Waals surface area (Å²) < 4.78 is 35.5. The summed E-state index contributed by atoms with van der Waals surface area (Å²) in [5, 5.41) is 29.2. The summed E-state index contributed by atoms with van der Waals surface area (Å²) in [4.78, 5) is 42.3. The maximum absolute atomic E-state index is 13.3. The minimum absolute atomic E-state index is 0.0639. The zero-order chi connectivity index (χ0) is 25.2. The number of amides is 1. The molecule has 0 bridgehead atoms. The van der Waals surface area contributed by atoms with E-state index in [1.165, 1.54) is 6.92 Å². The average Bonchev–Trinajstić information content (AvgIpc) is 2.69. The van der Waals surface area contributed by atoms with Gasteiger partial charge in [0.15, 0.2) is 0 Å². The molecule has 1 amide bonds. The lowest BCUT2D eigenvalue weighted by molar-refractivity contribution is -0.323. The molecule has 0 spiro atoms. The predicted molar refractivity (Wildman–Crippen MR) is 106 cm³/mol. The largest absolute Gasteiger partial charge is 0.352 e. The van der Waals surface area contributed by atoms with Crippen molar-refractivity contribution in [3.63, 3.8) is 0 Å². The second kappa shape index (κ2) is 12.2. The predicted octanol–water partition coefficient (Wildman–Crippen LogP) is 1.32. The molecule has 1 atom stereocenters. The lowest BCUT2D eigenvalue weighted by Crippen LogP contribution is -2.39. The fraction of sp³-hybridized carbons (Fsp3) is 0.389. The van der Waals surface area contributed by atoms with E-state index < -0.39 is 50.1 Å². The molecule has 0 saturated carbocycles. The van der Waals surface area contributed by atoms with Gasteiger partial charge in [-0.05, 0) is 18.6 Å². The van der Waals surface area contributed by atoms with Crippen LogP contribution in [0.2, 0.25) is 0 Å². The fourth-order valence-electron chi connectivity index (χ4n) is 2.39. The van der Waals surface area contributed by atoms with Gasteiger partial charge in [-0.3, -0.25) is 14.4 Å². The van der Waals surface area contributed by atoms with E-state index in [2.05, 4.69) is 15.5 Å². The van der Waals surface area contributed by atoms with Crippen molar-refractivity contribution in [2.45, 2.75) is 38.1 Å². The molecule has 0 aliphatic carbocycles. The second-order valence-corrected chi connectivity index (χ2v) is 7.71. The Kier molecular flexibility index (Phi) is 10.00. The van der Waals surface area contributed by atoms with E-state index in [1.807, 2.05) is 0 Å². The third-order valence-corrected chi connectivity index (χ3v) is 4.41. The lowest BCUT2D eigenvalue weighted by atomic mass is 10.1. The standard InChI is InChI=1S/C18H19FN6O7S/c1-11(26)23-16(4-5-25(31-12(2)27)32-13(3)28)10-22-24-18-14(8-20)6-17(33(19,29)30)7-15(18)9-21/h6-7,16H,4-5,10H2,1-3H3,(H,23,26). The Hall–Kier alpha value is -3.95. The van der Waals surface area contributed by atoms with Gasteiger partial charge >= 0.3 is 22.2 Å². The number of hydrogen-bond donors (Lipinski definition) is 1. The van der Waals surface area contributed by atoms with E-state index in [1.54, 1.807) is 12.1 Å². The smallest absolute Gasteiger partial charge is 0.332 e. The van der Waals surface area contributed by atoms with Crippen LogP contribution in [0, 0.1) is 22.7 Å². The first-order valence-corrected chi connectivity index (χ1v) is 10.5. The van der Waals surface area contributed by atoms with Crippen LogP contribution in [0.3, 0.4) is 0 Å². The summed E-state index contributed by atoms with van der Waals surface area (Å²) in [7, 11) is -5.16. The van der Waals surface area contributed by atoms with Crippen molar-refractivity contribution in [3.05, 3.63) is 23.3 Å². The topological polar surface area (TPSA) is 191 Å². The highest BCUT2D eigenvalue weighted by Gasteiger charge is 2.20. The highest BCUT2D eigenvalue weighted by Crippen LogP contribution is 2.28. The van der Waals surface area contributed by atoms with Gasteiger partial charge in [-0.1, -0.05) is 0 Å². The quantitative estimate of drug-likeness (QED) is 0.289. The number of nitrogens with one attached hydrogen (secondary N) is 1. The highest BCUT2D eigenvalue weighted by atomic mass is 32.3. The van der Waals surface area contributed by atoms with E-state index in [0.717, 1.165) is 13.8 Å². The van der Waals surface area contributed by atoms with E-state index in [0.29, 0.717) is 17.4 Å². The third-order valence-electron chi connectivity index (χ3n) is 3.61. The first-order chi connectivity index (χ1) is 15.4. The van der Waals surface area contributed by atoms with Crippen molar-refractivity contribution in [1.82, 2.24) is 10.5 Å².